The Hall–Kier alpha value is -1.99. The van der Waals surface area contributed by atoms with Crippen LogP contribution in [0.25, 0.3) is 0 Å². The third-order valence-corrected chi connectivity index (χ3v) is 4.25. The zero-order valence-corrected chi connectivity index (χ0v) is 15.4. The lowest BCUT2D eigenvalue weighted by Gasteiger charge is -2.08. The van der Waals surface area contributed by atoms with Gasteiger partial charge in [0.2, 0.25) is 0 Å². The molecular formula is C18H13ClINO3. The van der Waals surface area contributed by atoms with Gasteiger partial charge in [-0.1, -0.05) is 29.8 Å². The molecule has 1 heterocycles. The molecule has 3 aromatic rings. The predicted octanol–water partition coefficient (Wildman–Crippen LogP) is 5.37. The maximum Gasteiger partial charge on any atom is 0.291 e. The summed E-state index contributed by atoms with van der Waals surface area (Å²) in [7, 11) is 0. The number of para-hydroxylation sites is 1. The van der Waals surface area contributed by atoms with Crippen molar-refractivity contribution in [1.82, 2.24) is 0 Å². The summed E-state index contributed by atoms with van der Waals surface area (Å²) < 4.78 is 12.0. The predicted molar refractivity (Wildman–Crippen MR) is 102 cm³/mol. The van der Waals surface area contributed by atoms with Crippen molar-refractivity contribution in [3.63, 3.8) is 0 Å². The van der Waals surface area contributed by atoms with Gasteiger partial charge in [0, 0.05) is 9.13 Å². The van der Waals surface area contributed by atoms with Crippen molar-refractivity contribution in [2.24, 2.45) is 0 Å². The highest BCUT2D eigenvalue weighted by Gasteiger charge is 2.17. The Morgan fingerprint density at radius 1 is 1.17 bits per heavy atom. The van der Waals surface area contributed by atoms with Gasteiger partial charge in [-0.3, -0.25) is 4.79 Å². The molecule has 0 unspecified atom stereocenters. The number of anilines is 1. The molecule has 0 spiro atoms. The molecule has 0 aliphatic carbocycles. The Morgan fingerprint density at radius 3 is 2.71 bits per heavy atom. The van der Waals surface area contributed by atoms with Crippen LogP contribution in [0.4, 0.5) is 5.69 Å². The summed E-state index contributed by atoms with van der Waals surface area (Å²) in [5.74, 6) is 0.570. The number of nitrogens with one attached hydrogen (secondary N) is 1. The van der Waals surface area contributed by atoms with Crippen LogP contribution in [-0.2, 0) is 6.61 Å². The largest absolute Gasteiger partial charge is 0.489 e. The second-order valence-electron chi connectivity index (χ2n) is 4.95. The SMILES string of the molecule is O=C(Nc1ccc(I)cc1Cl)c1occc1COc1ccccc1. The van der Waals surface area contributed by atoms with E-state index in [2.05, 4.69) is 27.9 Å². The monoisotopic (exact) mass is 453 g/mol. The molecule has 6 heteroatoms. The number of furan rings is 1. The van der Waals surface area contributed by atoms with Crippen molar-refractivity contribution < 1.29 is 13.9 Å². The summed E-state index contributed by atoms with van der Waals surface area (Å²) in [5, 5.41) is 3.23. The van der Waals surface area contributed by atoms with Crippen molar-refractivity contribution in [3.8, 4) is 5.75 Å². The fourth-order valence-corrected chi connectivity index (χ4v) is 3.00. The summed E-state index contributed by atoms with van der Waals surface area (Å²) in [5.41, 5.74) is 1.20. The van der Waals surface area contributed by atoms with E-state index >= 15 is 0 Å². The Bertz CT molecular complexity index is 848. The zero-order chi connectivity index (χ0) is 16.9. The zero-order valence-electron chi connectivity index (χ0n) is 12.5. The highest BCUT2D eigenvalue weighted by Crippen LogP contribution is 2.25. The Morgan fingerprint density at radius 2 is 1.96 bits per heavy atom. The minimum Gasteiger partial charge on any atom is -0.489 e. The van der Waals surface area contributed by atoms with Crippen molar-refractivity contribution in [2.75, 3.05) is 5.32 Å². The number of hydrogen-bond acceptors (Lipinski definition) is 3. The van der Waals surface area contributed by atoms with Crippen LogP contribution < -0.4 is 10.1 Å². The molecule has 1 N–H and O–H groups in total. The fraction of sp³-hybridized carbons (Fsp3) is 0.0556. The summed E-state index contributed by atoms with van der Waals surface area (Å²) in [6, 6.07) is 16.5. The lowest BCUT2D eigenvalue weighted by Crippen LogP contribution is -2.14. The molecule has 0 fully saturated rings. The quantitative estimate of drug-likeness (QED) is 0.529. The van der Waals surface area contributed by atoms with Crippen LogP contribution in [0.5, 0.6) is 5.75 Å². The van der Waals surface area contributed by atoms with Gasteiger partial charge in [0.25, 0.3) is 5.91 Å². The van der Waals surface area contributed by atoms with E-state index in [4.69, 9.17) is 20.8 Å². The van der Waals surface area contributed by atoms with E-state index in [0.29, 0.717) is 16.3 Å². The molecule has 122 valence electrons. The highest BCUT2D eigenvalue weighted by molar-refractivity contribution is 14.1. The Balaban J connectivity index is 1.71. The summed E-state index contributed by atoms with van der Waals surface area (Å²) in [4.78, 5) is 12.4. The summed E-state index contributed by atoms with van der Waals surface area (Å²) >= 11 is 8.30. The lowest BCUT2D eigenvalue weighted by molar-refractivity contribution is 0.0993. The molecule has 2 aromatic carbocycles. The smallest absolute Gasteiger partial charge is 0.291 e. The second-order valence-corrected chi connectivity index (χ2v) is 6.61. The third kappa shape index (κ3) is 4.10. The van der Waals surface area contributed by atoms with Crippen LogP contribution in [0, 0.1) is 3.57 Å². The normalized spacial score (nSPS) is 10.4. The lowest BCUT2D eigenvalue weighted by atomic mass is 10.2. The first-order chi connectivity index (χ1) is 11.6. The van der Waals surface area contributed by atoms with E-state index in [1.807, 2.05) is 36.4 Å². The summed E-state index contributed by atoms with van der Waals surface area (Å²) in [6.07, 6.45) is 1.47. The van der Waals surface area contributed by atoms with Crippen molar-refractivity contribution in [3.05, 3.63) is 80.8 Å². The molecule has 0 saturated carbocycles. The molecule has 1 aromatic heterocycles. The number of hydrogen-bond donors (Lipinski definition) is 1. The topological polar surface area (TPSA) is 51.5 Å². The standard InChI is InChI=1S/C18H13ClINO3/c19-15-10-13(20)6-7-16(15)21-18(22)17-12(8-9-23-17)11-24-14-4-2-1-3-5-14/h1-10H,11H2,(H,21,22). The van der Waals surface area contributed by atoms with Crippen LogP contribution >= 0.6 is 34.2 Å². The average molecular weight is 454 g/mol. The average Bonchev–Trinajstić information content (AvgIpc) is 3.05. The molecule has 0 aliphatic heterocycles. The van der Waals surface area contributed by atoms with E-state index in [0.717, 1.165) is 9.32 Å². The van der Waals surface area contributed by atoms with Gasteiger partial charge < -0.3 is 14.5 Å². The van der Waals surface area contributed by atoms with Gasteiger partial charge in [-0.25, -0.2) is 0 Å². The summed E-state index contributed by atoms with van der Waals surface area (Å²) in [6.45, 7) is 0.240. The first-order valence-electron chi connectivity index (χ1n) is 7.14. The van der Waals surface area contributed by atoms with Gasteiger partial charge in [0.1, 0.15) is 12.4 Å². The van der Waals surface area contributed by atoms with Crippen LogP contribution in [0.2, 0.25) is 5.02 Å². The maximum absolute atomic E-state index is 12.4. The number of halogens is 2. The van der Waals surface area contributed by atoms with Crippen LogP contribution in [0.1, 0.15) is 16.1 Å². The van der Waals surface area contributed by atoms with Gasteiger partial charge >= 0.3 is 0 Å². The molecular weight excluding hydrogens is 441 g/mol. The van der Waals surface area contributed by atoms with Gasteiger partial charge in [-0.15, -0.1) is 0 Å². The van der Waals surface area contributed by atoms with Crippen LogP contribution in [0.3, 0.4) is 0 Å². The first kappa shape index (κ1) is 16.9. The Labute approximate surface area is 157 Å². The third-order valence-electron chi connectivity index (χ3n) is 3.27. The van der Waals surface area contributed by atoms with Gasteiger partial charge in [0.15, 0.2) is 5.76 Å². The molecule has 0 atom stereocenters. The minimum atomic E-state index is -0.366. The van der Waals surface area contributed by atoms with Gasteiger partial charge in [-0.05, 0) is 59.0 Å². The van der Waals surface area contributed by atoms with E-state index in [1.54, 1.807) is 18.2 Å². The molecule has 0 radical (unpaired) electrons. The van der Waals surface area contributed by atoms with E-state index in [1.165, 1.54) is 6.26 Å². The molecule has 4 nitrogen and oxygen atoms in total. The van der Waals surface area contributed by atoms with Crippen LogP contribution in [0.15, 0.2) is 65.3 Å². The highest BCUT2D eigenvalue weighted by atomic mass is 127. The van der Waals surface area contributed by atoms with Crippen molar-refractivity contribution in [2.45, 2.75) is 6.61 Å². The molecule has 0 saturated heterocycles. The molecule has 0 aliphatic rings. The van der Waals surface area contributed by atoms with E-state index in [9.17, 15) is 4.79 Å². The minimum absolute atomic E-state index is 0.209. The molecule has 24 heavy (non-hydrogen) atoms. The van der Waals surface area contributed by atoms with Crippen molar-refractivity contribution >= 4 is 45.8 Å². The molecule has 0 bridgehead atoms. The number of carbonyl (C=O) groups is 1. The first-order valence-corrected chi connectivity index (χ1v) is 8.60. The number of amides is 1. The molecule has 1 amide bonds. The fourth-order valence-electron chi connectivity index (χ4n) is 2.10. The molecule has 3 rings (SSSR count). The van der Waals surface area contributed by atoms with E-state index in [-0.39, 0.29) is 18.3 Å². The van der Waals surface area contributed by atoms with Crippen LogP contribution in [-0.4, -0.2) is 5.91 Å². The second kappa shape index (κ2) is 7.72. The Kier molecular flexibility index (Phi) is 5.42. The van der Waals surface area contributed by atoms with Gasteiger partial charge in [0.05, 0.1) is 17.0 Å². The van der Waals surface area contributed by atoms with E-state index < -0.39 is 0 Å². The number of carbonyl (C=O) groups excluding carboxylic acids is 1. The van der Waals surface area contributed by atoms with Crippen molar-refractivity contribution in [1.29, 1.82) is 0 Å². The number of ether oxygens (including phenoxy) is 1. The number of benzene rings is 2. The van der Waals surface area contributed by atoms with Gasteiger partial charge in [-0.2, -0.15) is 0 Å². The maximum atomic E-state index is 12.4. The number of rotatable bonds is 5.